The summed E-state index contributed by atoms with van der Waals surface area (Å²) < 4.78 is 0. The third-order valence-electron chi connectivity index (χ3n) is 4.14. The van der Waals surface area contributed by atoms with Crippen LogP contribution in [0.1, 0.15) is 32.6 Å². The molecule has 0 spiro atoms. The maximum Gasteiger partial charge on any atom is 0.225 e. The van der Waals surface area contributed by atoms with Crippen LogP contribution in [0.5, 0.6) is 0 Å². The molecule has 0 N–H and O–H groups in total. The average molecular weight is 296 g/mol. The standard InChI is InChI=1S/C14H18ClN3S/c1-9-3-5-10(6-4-9)18(2)12-11-7-8-19-13(11)17-14(15)16-12/h7-10H,3-6H2,1-2H3. The van der Waals surface area contributed by atoms with Crippen molar-refractivity contribution in [2.45, 2.75) is 38.6 Å². The zero-order chi connectivity index (χ0) is 13.4. The van der Waals surface area contributed by atoms with Crippen molar-refractivity contribution < 1.29 is 0 Å². The monoisotopic (exact) mass is 295 g/mol. The zero-order valence-corrected chi connectivity index (χ0v) is 12.8. The summed E-state index contributed by atoms with van der Waals surface area (Å²) in [5, 5.41) is 3.52. The first-order chi connectivity index (χ1) is 9.15. The molecule has 0 aromatic carbocycles. The number of nitrogens with zero attached hydrogens (tertiary/aromatic N) is 3. The lowest BCUT2D eigenvalue weighted by Gasteiger charge is -2.34. The molecule has 2 aromatic rings. The first-order valence-corrected chi connectivity index (χ1v) is 8.04. The second-order valence-electron chi connectivity index (χ2n) is 5.48. The fourth-order valence-corrected chi connectivity index (χ4v) is 3.86. The molecule has 2 aromatic heterocycles. The number of aromatic nitrogens is 2. The van der Waals surface area contributed by atoms with E-state index in [9.17, 15) is 0 Å². The summed E-state index contributed by atoms with van der Waals surface area (Å²) in [5.41, 5.74) is 0. The Kier molecular flexibility index (Phi) is 3.63. The maximum absolute atomic E-state index is 6.04. The third-order valence-corrected chi connectivity index (χ3v) is 5.12. The molecule has 1 saturated carbocycles. The van der Waals surface area contributed by atoms with E-state index in [0.717, 1.165) is 22.0 Å². The van der Waals surface area contributed by atoms with Gasteiger partial charge in [-0.25, -0.2) is 4.98 Å². The van der Waals surface area contributed by atoms with Crippen LogP contribution in [0, 0.1) is 5.92 Å². The Hall–Kier alpha value is -0.870. The number of hydrogen-bond acceptors (Lipinski definition) is 4. The number of thiophene rings is 1. The van der Waals surface area contributed by atoms with E-state index in [4.69, 9.17) is 11.6 Å². The predicted octanol–water partition coefficient (Wildman–Crippen LogP) is 4.36. The van der Waals surface area contributed by atoms with Crippen molar-refractivity contribution in [2.75, 3.05) is 11.9 Å². The van der Waals surface area contributed by atoms with Gasteiger partial charge in [-0.1, -0.05) is 6.92 Å². The van der Waals surface area contributed by atoms with Gasteiger partial charge in [-0.15, -0.1) is 11.3 Å². The molecule has 3 nitrogen and oxygen atoms in total. The highest BCUT2D eigenvalue weighted by Gasteiger charge is 2.24. The molecule has 102 valence electrons. The van der Waals surface area contributed by atoms with E-state index >= 15 is 0 Å². The minimum Gasteiger partial charge on any atom is -0.356 e. The van der Waals surface area contributed by atoms with Crippen LogP contribution in [0.2, 0.25) is 5.28 Å². The van der Waals surface area contributed by atoms with E-state index in [1.165, 1.54) is 25.7 Å². The van der Waals surface area contributed by atoms with E-state index < -0.39 is 0 Å². The zero-order valence-electron chi connectivity index (χ0n) is 11.3. The van der Waals surface area contributed by atoms with Gasteiger partial charge in [0, 0.05) is 13.1 Å². The molecule has 1 aliphatic carbocycles. The van der Waals surface area contributed by atoms with Gasteiger partial charge in [0.25, 0.3) is 0 Å². The second-order valence-corrected chi connectivity index (χ2v) is 6.71. The minimum atomic E-state index is 0.348. The van der Waals surface area contributed by atoms with E-state index in [-0.39, 0.29) is 0 Å². The Labute approximate surface area is 122 Å². The van der Waals surface area contributed by atoms with E-state index in [1.807, 2.05) is 0 Å². The van der Waals surface area contributed by atoms with Gasteiger partial charge in [0.05, 0.1) is 5.39 Å². The summed E-state index contributed by atoms with van der Waals surface area (Å²) in [4.78, 5) is 12.0. The highest BCUT2D eigenvalue weighted by molar-refractivity contribution is 7.16. The first kappa shape index (κ1) is 13.1. The Morgan fingerprint density at radius 1 is 1.26 bits per heavy atom. The second kappa shape index (κ2) is 5.25. The van der Waals surface area contributed by atoms with Crippen LogP contribution in [0.3, 0.4) is 0 Å². The molecule has 0 amide bonds. The average Bonchev–Trinajstić information content (AvgIpc) is 2.85. The van der Waals surface area contributed by atoms with E-state index in [0.29, 0.717) is 11.3 Å². The van der Waals surface area contributed by atoms with Gasteiger partial charge < -0.3 is 4.90 Å². The molecule has 0 unspecified atom stereocenters. The molecule has 5 heteroatoms. The summed E-state index contributed by atoms with van der Waals surface area (Å²) in [7, 11) is 2.14. The van der Waals surface area contributed by atoms with Crippen LogP contribution in [-0.4, -0.2) is 23.1 Å². The normalized spacial score (nSPS) is 23.7. The molecule has 0 aliphatic heterocycles. The minimum absolute atomic E-state index is 0.348. The van der Waals surface area contributed by atoms with Gasteiger partial charge in [-0.3, -0.25) is 0 Å². The quantitative estimate of drug-likeness (QED) is 0.771. The smallest absolute Gasteiger partial charge is 0.225 e. The van der Waals surface area contributed by atoms with Gasteiger partial charge in [-0.05, 0) is 54.6 Å². The molecule has 0 atom stereocenters. The summed E-state index contributed by atoms with van der Waals surface area (Å²) in [5.74, 6) is 1.84. The van der Waals surface area contributed by atoms with Gasteiger partial charge in [0.2, 0.25) is 5.28 Å². The van der Waals surface area contributed by atoms with Crippen LogP contribution < -0.4 is 4.90 Å². The lowest BCUT2D eigenvalue weighted by Crippen LogP contribution is -2.35. The van der Waals surface area contributed by atoms with Gasteiger partial charge >= 0.3 is 0 Å². The molecule has 1 fully saturated rings. The van der Waals surface area contributed by atoms with E-state index in [2.05, 4.69) is 40.3 Å². The molecule has 0 radical (unpaired) electrons. The van der Waals surface area contributed by atoms with Crippen molar-refractivity contribution in [3.8, 4) is 0 Å². The highest BCUT2D eigenvalue weighted by atomic mass is 35.5. The lowest BCUT2D eigenvalue weighted by atomic mass is 9.87. The Morgan fingerprint density at radius 3 is 2.74 bits per heavy atom. The number of rotatable bonds is 2. The van der Waals surface area contributed by atoms with Crippen molar-refractivity contribution in [3.05, 3.63) is 16.7 Å². The fourth-order valence-electron chi connectivity index (χ4n) is 2.89. The molecule has 1 aliphatic rings. The molecule has 2 heterocycles. The number of fused-ring (bicyclic) bond motifs is 1. The molecule has 0 bridgehead atoms. The summed E-state index contributed by atoms with van der Waals surface area (Å²) >= 11 is 7.66. The van der Waals surface area contributed by atoms with Crippen molar-refractivity contribution in [2.24, 2.45) is 5.92 Å². The van der Waals surface area contributed by atoms with Crippen LogP contribution in [0.15, 0.2) is 11.4 Å². The van der Waals surface area contributed by atoms with Crippen molar-refractivity contribution >= 4 is 39.0 Å². The van der Waals surface area contributed by atoms with Crippen LogP contribution >= 0.6 is 22.9 Å². The lowest BCUT2D eigenvalue weighted by molar-refractivity contribution is 0.340. The summed E-state index contributed by atoms with van der Waals surface area (Å²) in [6.45, 7) is 2.34. The highest BCUT2D eigenvalue weighted by Crippen LogP contribution is 2.33. The Bertz CT molecular complexity index is 575. The van der Waals surface area contributed by atoms with Crippen molar-refractivity contribution in [1.29, 1.82) is 0 Å². The predicted molar refractivity (Wildman–Crippen MR) is 82.2 cm³/mol. The molecule has 3 rings (SSSR count). The summed E-state index contributed by atoms with van der Waals surface area (Å²) in [6, 6.07) is 2.67. The molecule has 19 heavy (non-hydrogen) atoms. The Balaban J connectivity index is 1.92. The Morgan fingerprint density at radius 2 is 2.00 bits per heavy atom. The largest absolute Gasteiger partial charge is 0.356 e. The molecule has 0 saturated heterocycles. The number of halogens is 1. The third kappa shape index (κ3) is 2.56. The van der Waals surface area contributed by atoms with Crippen LogP contribution in [0.25, 0.3) is 10.2 Å². The molecular formula is C14H18ClN3S. The van der Waals surface area contributed by atoms with Gasteiger partial charge in [-0.2, -0.15) is 4.98 Å². The van der Waals surface area contributed by atoms with Crippen molar-refractivity contribution in [1.82, 2.24) is 9.97 Å². The van der Waals surface area contributed by atoms with Gasteiger partial charge in [0.1, 0.15) is 10.6 Å². The van der Waals surface area contributed by atoms with E-state index in [1.54, 1.807) is 11.3 Å². The number of hydrogen-bond donors (Lipinski definition) is 0. The van der Waals surface area contributed by atoms with Crippen LogP contribution in [0.4, 0.5) is 5.82 Å². The SMILES string of the molecule is CC1CCC(N(C)c2nc(Cl)nc3sccc23)CC1. The fraction of sp³-hybridized carbons (Fsp3) is 0.571. The van der Waals surface area contributed by atoms with Crippen LogP contribution in [-0.2, 0) is 0 Å². The summed E-state index contributed by atoms with van der Waals surface area (Å²) in [6.07, 6.45) is 5.09. The van der Waals surface area contributed by atoms with Crippen molar-refractivity contribution in [3.63, 3.8) is 0 Å². The number of anilines is 1. The maximum atomic E-state index is 6.04. The molecular weight excluding hydrogens is 278 g/mol. The first-order valence-electron chi connectivity index (χ1n) is 6.78. The van der Waals surface area contributed by atoms with Gasteiger partial charge in [0.15, 0.2) is 0 Å². The topological polar surface area (TPSA) is 29.0 Å².